The second kappa shape index (κ2) is 7.29. The molecule has 4 heteroatoms. The molecular formula is C23H24N2OS. The van der Waals surface area contributed by atoms with Gasteiger partial charge in [-0.05, 0) is 54.0 Å². The molecule has 0 unspecified atom stereocenters. The Labute approximate surface area is 163 Å². The van der Waals surface area contributed by atoms with Crippen LogP contribution in [0, 0.1) is 0 Å². The number of aromatic hydroxyl groups is 1. The maximum Gasteiger partial charge on any atom is 0.124 e. The van der Waals surface area contributed by atoms with Gasteiger partial charge in [0.25, 0.3) is 0 Å². The van der Waals surface area contributed by atoms with E-state index in [1.807, 2.05) is 43.5 Å². The van der Waals surface area contributed by atoms with Crippen molar-refractivity contribution in [2.75, 3.05) is 0 Å². The van der Waals surface area contributed by atoms with Crippen LogP contribution in [0.25, 0.3) is 32.1 Å². The van der Waals surface area contributed by atoms with E-state index in [1.54, 1.807) is 11.3 Å². The molecule has 0 fully saturated rings. The molecule has 27 heavy (non-hydrogen) atoms. The van der Waals surface area contributed by atoms with Gasteiger partial charge in [-0.15, -0.1) is 11.3 Å². The van der Waals surface area contributed by atoms with Crippen LogP contribution in [0.2, 0.25) is 0 Å². The summed E-state index contributed by atoms with van der Waals surface area (Å²) >= 11 is 1.68. The molecule has 0 saturated carbocycles. The number of nitrogens with two attached hydrogens (primary N) is 1. The van der Waals surface area contributed by atoms with E-state index in [9.17, 15) is 5.11 Å². The molecule has 0 bridgehead atoms. The Bertz CT molecular complexity index is 1100. The van der Waals surface area contributed by atoms with Gasteiger partial charge in [0, 0.05) is 28.6 Å². The Morgan fingerprint density at radius 1 is 1.19 bits per heavy atom. The number of fused-ring (bicyclic) bond motifs is 3. The SMILES string of the molecule is CCCCc1cc(O)c(-c2ccc([C@@H](C)N)cc2)c2c1ncc1sccc12. The smallest absolute Gasteiger partial charge is 0.124 e. The molecule has 0 amide bonds. The number of benzene rings is 2. The van der Waals surface area contributed by atoms with Crippen molar-refractivity contribution in [3.8, 4) is 16.9 Å². The van der Waals surface area contributed by atoms with Gasteiger partial charge in [0.1, 0.15) is 5.75 Å². The first-order chi connectivity index (χ1) is 13.1. The second-order valence-corrected chi connectivity index (χ2v) is 8.07. The number of phenolic OH excluding ortho intramolecular Hbond substituents is 1. The summed E-state index contributed by atoms with van der Waals surface area (Å²) < 4.78 is 1.14. The van der Waals surface area contributed by atoms with Crippen LogP contribution in [0.5, 0.6) is 5.75 Å². The van der Waals surface area contributed by atoms with Gasteiger partial charge >= 0.3 is 0 Å². The van der Waals surface area contributed by atoms with E-state index in [-0.39, 0.29) is 6.04 Å². The van der Waals surface area contributed by atoms with Gasteiger partial charge in [0.2, 0.25) is 0 Å². The second-order valence-electron chi connectivity index (χ2n) is 7.12. The number of hydrogen-bond donors (Lipinski definition) is 2. The third-order valence-electron chi connectivity index (χ3n) is 5.16. The van der Waals surface area contributed by atoms with Gasteiger partial charge in [-0.1, -0.05) is 37.6 Å². The number of phenols is 1. The number of unbranched alkanes of at least 4 members (excludes halogenated alkanes) is 1. The van der Waals surface area contributed by atoms with Crippen LogP contribution in [-0.4, -0.2) is 10.1 Å². The molecule has 3 nitrogen and oxygen atoms in total. The van der Waals surface area contributed by atoms with Crippen molar-refractivity contribution >= 4 is 32.3 Å². The van der Waals surface area contributed by atoms with Crippen LogP contribution >= 0.6 is 11.3 Å². The highest BCUT2D eigenvalue weighted by atomic mass is 32.1. The number of rotatable bonds is 5. The third kappa shape index (κ3) is 3.20. The summed E-state index contributed by atoms with van der Waals surface area (Å²) in [7, 11) is 0. The number of aromatic nitrogens is 1. The highest BCUT2D eigenvalue weighted by Gasteiger charge is 2.17. The maximum atomic E-state index is 11.0. The van der Waals surface area contributed by atoms with Crippen LogP contribution in [0.3, 0.4) is 0 Å². The molecule has 4 rings (SSSR count). The fourth-order valence-corrected chi connectivity index (χ4v) is 4.44. The minimum absolute atomic E-state index is 0.00828. The van der Waals surface area contributed by atoms with Crippen LogP contribution in [0.4, 0.5) is 0 Å². The summed E-state index contributed by atoms with van der Waals surface area (Å²) in [5.41, 5.74) is 11.0. The molecule has 0 aliphatic heterocycles. The van der Waals surface area contributed by atoms with Crippen LogP contribution in [0.15, 0.2) is 48.0 Å². The Balaban J connectivity index is 2.01. The first kappa shape index (κ1) is 18.0. The highest BCUT2D eigenvalue weighted by molar-refractivity contribution is 7.17. The zero-order valence-corrected chi connectivity index (χ0v) is 16.5. The van der Waals surface area contributed by atoms with E-state index in [2.05, 4.69) is 18.4 Å². The number of hydrogen-bond acceptors (Lipinski definition) is 4. The molecule has 0 spiro atoms. The Morgan fingerprint density at radius 3 is 2.67 bits per heavy atom. The summed E-state index contributed by atoms with van der Waals surface area (Å²) in [5, 5.41) is 15.3. The molecule has 0 aliphatic carbocycles. The topological polar surface area (TPSA) is 59.1 Å². The largest absolute Gasteiger partial charge is 0.507 e. The monoisotopic (exact) mass is 376 g/mol. The minimum Gasteiger partial charge on any atom is -0.507 e. The van der Waals surface area contributed by atoms with Gasteiger partial charge in [-0.3, -0.25) is 4.98 Å². The molecule has 3 N–H and O–H groups in total. The molecule has 2 aromatic carbocycles. The first-order valence-corrected chi connectivity index (χ1v) is 10.3. The minimum atomic E-state index is -0.00828. The number of thiophene rings is 1. The molecule has 1 atom stereocenters. The van der Waals surface area contributed by atoms with Gasteiger partial charge < -0.3 is 10.8 Å². The van der Waals surface area contributed by atoms with E-state index in [0.29, 0.717) is 5.75 Å². The van der Waals surface area contributed by atoms with Crippen molar-refractivity contribution in [1.82, 2.24) is 4.98 Å². The molecule has 0 aliphatic rings. The Kier molecular flexibility index (Phi) is 4.85. The number of aryl methyl sites for hydroxylation is 1. The summed E-state index contributed by atoms with van der Waals surface area (Å²) in [5.74, 6) is 0.322. The highest BCUT2D eigenvalue weighted by Crippen LogP contribution is 2.42. The van der Waals surface area contributed by atoms with E-state index >= 15 is 0 Å². The van der Waals surface area contributed by atoms with E-state index in [0.717, 1.165) is 62.5 Å². The van der Waals surface area contributed by atoms with Crippen LogP contribution in [0.1, 0.15) is 43.9 Å². The Hall–Kier alpha value is -2.43. The normalized spacial score (nSPS) is 12.7. The molecule has 0 saturated heterocycles. The molecule has 138 valence electrons. The maximum absolute atomic E-state index is 11.0. The van der Waals surface area contributed by atoms with Crippen molar-refractivity contribution < 1.29 is 5.11 Å². The summed E-state index contributed by atoms with van der Waals surface area (Å²) in [6.45, 7) is 4.16. The lowest BCUT2D eigenvalue weighted by Crippen LogP contribution is -2.04. The number of pyridine rings is 1. The van der Waals surface area contributed by atoms with Crippen LogP contribution < -0.4 is 5.73 Å². The predicted molar refractivity (Wildman–Crippen MR) is 115 cm³/mol. The zero-order valence-electron chi connectivity index (χ0n) is 15.7. The summed E-state index contributed by atoms with van der Waals surface area (Å²) in [6, 6.07) is 12.2. The number of nitrogens with zero attached hydrogens (tertiary/aromatic N) is 1. The molecule has 2 aromatic heterocycles. The zero-order chi connectivity index (χ0) is 19.0. The summed E-state index contributed by atoms with van der Waals surface area (Å²) in [6.07, 6.45) is 5.08. The lowest BCUT2D eigenvalue weighted by Gasteiger charge is -2.15. The predicted octanol–water partition coefficient (Wildman–Crippen LogP) is 6.18. The van der Waals surface area contributed by atoms with Gasteiger partial charge in [-0.25, -0.2) is 0 Å². The van der Waals surface area contributed by atoms with E-state index in [4.69, 9.17) is 10.7 Å². The van der Waals surface area contributed by atoms with Crippen molar-refractivity contribution in [1.29, 1.82) is 0 Å². The van der Waals surface area contributed by atoms with Crippen molar-refractivity contribution in [3.05, 3.63) is 59.1 Å². The lowest BCUT2D eigenvalue weighted by molar-refractivity contribution is 0.477. The molecule has 4 aromatic rings. The fraction of sp³-hybridized carbons (Fsp3) is 0.261. The summed E-state index contributed by atoms with van der Waals surface area (Å²) in [4.78, 5) is 4.79. The average molecular weight is 377 g/mol. The lowest BCUT2D eigenvalue weighted by atomic mass is 9.92. The van der Waals surface area contributed by atoms with E-state index in [1.165, 1.54) is 0 Å². The van der Waals surface area contributed by atoms with Crippen LogP contribution in [-0.2, 0) is 6.42 Å². The van der Waals surface area contributed by atoms with Gasteiger partial charge in [-0.2, -0.15) is 0 Å². The van der Waals surface area contributed by atoms with Crippen molar-refractivity contribution in [2.45, 2.75) is 39.2 Å². The quantitative estimate of drug-likeness (QED) is 0.437. The molecule has 0 radical (unpaired) electrons. The average Bonchev–Trinajstić information content (AvgIpc) is 3.15. The standard InChI is InChI=1S/C23H24N2OS/c1-3-4-5-17-12-19(26)21(16-8-6-15(7-9-16)14(2)24)22-18-10-11-27-20(18)13-25-23(17)22/h6-14,26H,3-5,24H2,1-2H3/t14-/m1/s1. The fourth-order valence-electron chi connectivity index (χ4n) is 3.68. The van der Waals surface area contributed by atoms with E-state index < -0.39 is 0 Å². The Morgan fingerprint density at radius 2 is 1.96 bits per heavy atom. The first-order valence-electron chi connectivity index (χ1n) is 9.46. The van der Waals surface area contributed by atoms with Gasteiger partial charge in [0.05, 0.1) is 10.2 Å². The third-order valence-corrected chi connectivity index (χ3v) is 6.01. The molecular weight excluding hydrogens is 352 g/mol. The van der Waals surface area contributed by atoms with Gasteiger partial charge in [0.15, 0.2) is 0 Å². The van der Waals surface area contributed by atoms with Crippen molar-refractivity contribution in [2.24, 2.45) is 5.73 Å². The molecule has 2 heterocycles. The van der Waals surface area contributed by atoms with Crippen molar-refractivity contribution in [3.63, 3.8) is 0 Å².